The van der Waals surface area contributed by atoms with Gasteiger partial charge in [-0.1, -0.05) is 17.7 Å². The molecule has 1 aromatic heterocycles. The van der Waals surface area contributed by atoms with E-state index in [2.05, 4.69) is 25.9 Å². The van der Waals surface area contributed by atoms with Crippen molar-refractivity contribution >= 4 is 27.5 Å². The summed E-state index contributed by atoms with van der Waals surface area (Å²) in [6.45, 7) is 0.299. The van der Waals surface area contributed by atoms with Crippen molar-refractivity contribution in [3.05, 3.63) is 49.9 Å². The van der Waals surface area contributed by atoms with E-state index < -0.39 is 0 Å². The Morgan fingerprint density at radius 3 is 3.00 bits per heavy atom. The van der Waals surface area contributed by atoms with E-state index in [1.165, 1.54) is 6.33 Å². The second-order valence-electron chi connectivity index (χ2n) is 3.41. The zero-order valence-corrected chi connectivity index (χ0v) is 11.5. The minimum Gasteiger partial charge on any atom is -0.437 e. The molecule has 2 rings (SSSR count). The van der Waals surface area contributed by atoms with Crippen LogP contribution in [-0.4, -0.2) is 9.97 Å². The maximum absolute atomic E-state index is 11.4. The summed E-state index contributed by atoms with van der Waals surface area (Å²) in [6.07, 6.45) is 1.26. The molecule has 0 aliphatic carbocycles. The molecule has 0 fully saturated rings. The van der Waals surface area contributed by atoms with Crippen molar-refractivity contribution < 1.29 is 4.74 Å². The maximum Gasteiger partial charge on any atom is 0.268 e. The predicted octanol–water partition coefficient (Wildman–Crippen LogP) is 2.44. The second-order valence-corrected chi connectivity index (χ2v) is 4.64. The first-order chi connectivity index (χ1) is 8.61. The van der Waals surface area contributed by atoms with Gasteiger partial charge < -0.3 is 15.5 Å². The van der Waals surface area contributed by atoms with Crippen LogP contribution in [0.15, 0.2) is 33.8 Å². The molecule has 0 saturated carbocycles. The molecule has 5 nitrogen and oxygen atoms in total. The van der Waals surface area contributed by atoms with Crippen LogP contribution in [0.25, 0.3) is 0 Å². The second kappa shape index (κ2) is 5.51. The Kier molecular flexibility index (Phi) is 4.00. The number of aromatic nitrogens is 2. The van der Waals surface area contributed by atoms with Crippen molar-refractivity contribution in [3.63, 3.8) is 0 Å². The number of hydrogen-bond acceptors (Lipinski definition) is 4. The molecular formula is C11H9BrClN3O2. The third-order valence-corrected chi connectivity index (χ3v) is 3.15. The Morgan fingerprint density at radius 1 is 1.50 bits per heavy atom. The van der Waals surface area contributed by atoms with Crippen LogP contribution in [0, 0.1) is 0 Å². The highest BCUT2D eigenvalue weighted by Crippen LogP contribution is 2.29. The van der Waals surface area contributed by atoms with Gasteiger partial charge in [-0.15, -0.1) is 0 Å². The molecule has 1 heterocycles. The fourth-order valence-corrected chi connectivity index (χ4v) is 1.79. The number of nitrogens with two attached hydrogens (primary N) is 1. The van der Waals surface area contributed by atoms with Crippen molar-refractivity contribution in [3.8, 4) is 11.6 Å². The minimum absolute atomic E-state index is 0.163. The van der Waals surface area contributed by atoms with Crippen molar-refractivity contribution in [2.75, 3.05) is 0 Å². The first kappa shape index (κ1) is 13.1. The molecule has 18 heavy (non-hydrogen) atoms. The van der Waals surface area contributed by atoms with E-state index in [4.69, 9.17) is 22.1 Å². The molecule has 0 saturated heterocycles. The molecule has 0 spiro atoms. The molecule has 0 bridgehead atoms. The summed E-state index contributed by atoms with van der Waals surface area (Å²) in [5.74, 6) is 0.638. The van der Waals surface area contributed by atoms with Crippen LogP contribution in [0.5, 0.6) is 11.6 Å². The van der Waals surface area contributed by atoms with Gasteiger partial charge in [-0.25, -0.2) is 4.98 Å². The molecule has 0 aliphatic heterocycles. The zero-order chi connectivity index (χ0) is 13.1. The van der Waals surface area contributed by atoms with Crippen molar-refractivity contribution in [1.29, 1.82) is 0 Å². The van der Waals surface area contributed by atoms with Crippen LogP contribution in [0.3, 0.4) is 0 Å². The average molecular weight is 331 g/mol. The zero-order valence-electron chi connectivity index (χ0n) is 9.11. The summed E-state index contributed by atoms with van der Waals surface area (Å²) < 4.78 is 5.77. The molecule has 94 valence electrons. The Hall–Kier alpha value is -1.37. The number of benzene rings is 1. The van der Waals surface area contributed by atoms with E-state index in [1.54, 1.807) is 18.2 Å². The van der Waals surface area contributed by atoms with Gasteiger partial charge in [0.05, 0.1) is 6.33 Å². The molecule has 0 atom stereocenters. The summed E-state index contributed by atoms with van der Waals surface area (Å²) in [5, 5.41) is 0.517. The molecule has 3 N–H and O–H groups in total. The van der Waals surface area contributed by atoms with Gasteiger partial charge in [-0.2, -0.15) is 0 Å². The van der Waals surface area contributed by atoms with Crippen molar-refractivity contribution in [1.82, 2.24) is 9.97 Å². The first-order valence-corrected chi connectivity index (χ1v) is 6.18. The first-order valence-electron chi connectivity index (χ1n) is 5.01. The highest BCUT2D eigenvalue weighted by molar-refractivity contribution is 9.10. The molecule has 1 aromatic carbocycles. The third-order valence-electron chi connectivity index (χ3n) is 2.22. The lowest BCUT2D eigenvalue weighted by Gasteiger charge is -2.10. The van der Waals surface area contributed by atoms with Crippen molar-refractivity contribution in [2.24, 2.45) is 5.73 Å². The summed E-state index contributed by atoms with van der Waals surface area (Å²) in [5.41, 5.74) is 6.05. The van der Waals surface area contributed by atoms with Crippen LogP contribution in [-0.2, 0) is 6.54 Å². The SMILES string of the molecule is NCc1ccc(Cl)cc1Oc1nc[nH]c(=O)c1Br. The normalized spacial score (nSPS) is 10.4. The van der Waals surface area contributed by atoms with E-state index in [0.717, 1.165) is 5.56 Å². The average Bonchev–Trinajstić information content (AvgIpc) is 2.35. The lowest BCUT2D eigenvalue weighted by atomic mass is 10.2. The van der Waals surface area contributed by atoms with Crippen LogP contribution in [0.4, 0.5) is 0 Å². The van der Waals surface area contributed by atoms with Crippen molar-refractivity contribution in [2.45, 2.75) is 6.54 Å². The summed E-state index contributed by atoms with van der Waals surface area (Å²) in [7, 11) is 0. The van der Waals surface area contributed by atoms with E-state index in [1.807, 2.05) is 0 Å². The number of nitrogens with one attached hydrogen (secondary N) is 1. The summed E-state index contributed by atoms with van der Waals surface area (Å²) >= 11 is 9.00. The van der Waals surface area contributed by atoms with Crippen LogP contribution >= 0.6 is 27.5 Å². The Morgan fingerprint density at radius 2 is 2.28 bits per heavy atom. The predicted molar refractivity (Wildman–Crippen MR) is 72.0 cm³/mol. The van der Waals surface area contributed by atoms with Crippen LogP contribution < -0.4 is 16.0 Å². The highest BCUT2D eigenvalue weighted by atomic mass is 79.9. The number of ether oxygens (including phenoxy) is 1. The lowest BCUT2D eigenvalue weighted by Crippen LogP contribution is -2.09. The van der Waals surface area contributed by atoms with Crippen LogP contribution in [0.1, 0.15) is 5.56 Å². The van der Waals surface area contributed by atoms with Gasteiger partial charge in [-0.05, 0) is 28.1 Å². The largest absolute Gasteiger partial charge is 0.437 e. The number of hydrogen-bond donors (Lipinski definition) is 2. The van der Waals surface area contributed by atoms with E-state index in [9.17, 15) is 4.79 Å². The number of nitrogens with zero attached hydrogens (tertiary/aromatic N) is 1. The van der Waals surface area contributed by atoms with Gasteiger partial charge in [-0.3, -0.25) is 4.79 Å². The lowest BCUT2D eigenvalue weighted by molar-refractivity contribution is 0.451. The number of rotatable bonds is 3. The highest BCUT2D eigenvalue weighted by Gasteiger charge is 2.10. The number of H-pyrrole nitrogens is 1. The van der Waals surface area contributed by atoms with E-state index in [0.29, 0.717) is 17.3 Å². The fraction of sp³-hybridized carbons (Fsp3) is 0.0909. The Labute approximate surface area is 116 Å². The van der Waals surface area contributed by atoms with Gasteiger partial charge >= 0.3 is 0 Å². The van der Waals surface area contributed by atoms with Gasteiger partial charge in [0.1, 0.15) is 10.2 Å². The van der Waals surface area contributed by atoms with Gasteiger partial charge in [0.25, 0.3) is 5.56 Å². The molecule has 7 heteroatoms. The van der Waals surface area contributed by atoms with E-state index >= 15 is 0 Å². The topological polar surface area (TPSA) is 81.0 Å². The molecule has 0 radical (unpaired) electrons. The monoisotopic (exact) mass is 329 g/mol. The molecule has 0 unspecified atom stereocenters. The molecule has 0 aliphatic rings. The third kappa shape index (κ3) is 2.72. The number of halogens is 2. The number of aromatic amines is 1. The Bertz CT molecular complexity index is 630. The summed E-state index contributed by atoms with van der Waals surface area (Å²) in [4.78, 5) is 17.7. The minimum atomic E-state index is -0.323. The molecular weight excluding hydrogens is 321 g/mol. The smallest absolute Gasteiger partial charge is 0.268 e. The fourth-order valence-electron chi connectivity index (χ4n) is 1.33. The van der Waals surface area contributed by atoms with E-state index in [-0.39, 0.29) is 15.9 Å². The van der Waals surface area contributed by atoms with Gasteiger partial charge in [0.15, 0.2) is 0 Å². The molecule has 2 aromatic rings. The van der Waals surface area contributed by atoms with Gasteiger partial charge in [0, 0.05) is 17.1 Å². The summed E-state index contributed by atoms with van der Waals surface area (Å²) in [6, 6.07) is 5.11. The maximum atomic E-state index is 11.4. The standard InChI is InChI=1S/C11H9BrClN3O2/c12-9-10(17)15-5-16-11(9)18-8-3-7(13)2-1-6(8)4-14/h1-3,5H,4,14H2,(H,15,16,17). The Balaban J connectivity index is 2.42. The van der Waals surface area contributed by atoms with Crippen LogP contribution in [0.2, 0.25) is 5.02 Å². The quantitative estimate of drug-likeness (QED) is 0.905. The van der Waals surface area contributed by atoms with Gasteiger partial charge in [0.2, 0.25) is 5.88 Å². The molecule has 0 amide bonds.